The molecule has 0 aliphatic heterocycles. The molecule has 4 heteroatoms. The van der Waals surface area contributed by atoms with Gasteiger partial charge in [-0.25, -0.2) is 0 Å². The monoisotopic (exact) mass is 302 g/mol. The molecule has 2 aromatic rings. The second-order valence-electron chi connectivity index (χ2n) is 5.30. The predicted molar refractivity (Wildman–Crippen MR) is 87.2 cm³/mol. The van der Waals surface area contributed by atoms with E-state index in [1.165, 1.54) is 0 Å². The van der Waals surface area contributed by atoms with Crippen LogP contribution in [0.5, 0.6) is 0 Å². The molecule has 0 saturated heterocycles. The van der Waals surface area contributed by atoms with Crippen molar-refractivity contribution in [2.75, 3.05) is 5.32 Å². The van der Waals surface area contributed by atoms with Gasteiger partial charge in [0.05, 0.1) is 10.7 Å². The van der Waals surface area contributed by atoms with Crippen molar-refractivity contribution in [3.8, 4) is 0 Å². The SMILES string of the molecule is CC(C)C(Nc1ccccc1Cl)(C(N)=O)c1ccccc1. The van der Waals surface area contributed by atoms with E-state index >= 15 is 0 Å². The Balaban J connectivity index is 2.56. The molecular formula is C17H19ClN2O. The molecule has 3 N–H and O–H groups in total. The average Bonchev–Trinajstić information content (AvgIpc) is 2.46. The number of para-hydroxylation sites is 1. The molecule has 0 aromatic heterocycles. The first-order valence-corrected chi connectivity index (χ1v) is 7.24. The number of primary amides is 1. The van der Waals surface area contributed by atoms with E-state index in [0.29, 0.717) is 10.7 Å². The fourth-order valence-electron chi connectivity index (χ4n) is 2.51. The smallest absolute Gasteiger partial charge is 0.248 e. The molecule has 0 aliphatic rings. The normalized spacial score (nSPS) is 13.7. The zero-order chi connectivity index (χ0) is 15.5. The van der Waals surface area contributed by atoms with Gasteiger partial charge in [-0.2, -0.15) is 0 Å². The van der Waals surface area contributed by atoms with Crippen LogP contribution in [0.2, 0.25) is 5.02 Å². The average molecular weight is 303 g/mol. The van der Waals surface area contributed by atoms with Gasteiger partial charge in [0.1, 0.15) is 5.54 Å². The Hall–Kier alpha value is -2.00. The minimum Gasteiger partial charge on any atom is -0.367 e. The lowest BCUT2D eigenvalue weighted by molar-refractivity contribution is -0.124. The Kier molecular flexibility index (Phi) is 4.53. The van der Waals surface area contributed by atoms with Crippen LogP contribution in [0, 0.1) is 5.92 Å². The number of benzene rings is 2. The van der Waals surface area contributed by atoms with Crippen molar-refractivity contribution in [3.63, 3.8) is 0 Å². The van der Waals surface area contributed by atoms with Crippen molar-refractivity contribution in [2.24, 2.45) is 11.7 Å². The molecule has 1 amide bonds. The molecule has 0 radical (unpaired) electrons. The van der Waals surface area contributed by atoms with Crippen molar-refractivity contribution in [2.45, 2.75) is 19.4 Å². The van der Waals surface area contributed by atoms with E-state index in [1.54, 1.807) is 6.07 Å². The van der Waals surface area contributed by atoms with E-state index in [1.807, 2.05) is 62.4 Å². The Labute approximate surface area is 130 Å². The maximum Gasteiger partial charge on any atom is 0.248 e. The summed E-state index contributed by atoms with van der Waals surface area (Å²) < 4.78 is 0. The van der Waals surface area contributed by atoms with E-state index in [-0.39, 0.29) is 5.92 Å². The first-order chi connectivity index (χ1) is 9.98. The molecule has 2 rings (SSSR count). The lowest BCUT2D eigenvalue weighted by Crippen LogP contribution is -2.51. The van der Waals surface area contributed by atoms with E-state index in [0.717, 1.165) is 5.56 Å². The second-order valence-corrected chi connectivity index (χ2v) is 5.71. The van der Waals surface area contributed by atoms with Crippen molar-refractivity contribution in [3.05, 3.63) is 65.2 Å². The van der Waals surface area contributed by atoms with Gasteiger partial charge in [0.25, 0.3) is 0 Å². The summed E-state index contributed by atoms with van der Waals surface area (Å²) in [5, 5.41) is 3.82. The third kappa shape index (κ3) is 2.88. The molecule has 0 saturated carbocycles. The third-order valence-electron chi connectivity index (χ3n) is 3.69. The van der Waals surface area contributed by atoms with Gasteiger partial charge in [0.2, 0.25) is 5.91 Å². The molecule has 110 valence electrons. The number of amides is 1. The Morgan fingerprint density at radius 3 is 2.19 bits per heavy atom. The molecule has 1 atom stereocenters. The zero-order valence-corrected chi connectivity index (χ0v) is 12.9. The maximum absolute atomic E-state index is 12.3. The van der Waals surface area contributed by atoms with Crippen molar-refractivity contribution >= 4 is 23.2 Å². The summed E-state index contributed by atoms with van der Waals surface area (Å²) in [5.74, 6) is -0.475. The van der Waals surface area contributed by atoms with Crippen LogP contribution in [-0.4, -0.2) is 5.91 Å². The standard InChI is InChI=1S/C17H19ClN2O/c1-12(2)17(16(19)21,13-8-4-3-5-9-13)20-15-11-7-6-10-14(15)18/h3-12,20H,1-2H3,(H2,19,21). The summed E-state index contributed by atoms with van der Waals surface area (Å²) in [5.41, 5.74) is 6.27. The molecule has 0 aliphatic carbocycles. The van der Waals surface area contributed by atoms with Crippen LogP contribution >= 0.6 is 11.6 Å². The Bertz CT molecular complexity index is 628. The fourth-order valence-corrected chi connectivity index (χ4v) is 2.70. The van der Waals surface area contributed by atoms with Crippen LogP contribution < -0.4 is 11.1 Å². The van der Waals surface area contributed by atoms with Gasteiger partial charge in [-0.05, 0) is 23.6 Å². The third-order valence-corrected chi connectivity index (χ3v) is 4.02. The minimum atomic E-state index is -1.01. The molecule has 0 bridgehead atoms. The molecular weight excluding hydrogens is 284 g/mol. The van der Waals surface area contributed by atoms with Crippen LogP contribution in [0.15, 0.2) is 54.6 Å². The van der Waals surface area contributed by atoms with Crippen LogP contribution in [0.1, 0.15) is 19.4 Å². The summed E-state index contributed by atoms with van der Waals surface area (Å²) in [7, 11) is 0. The van der Waals surface area contributed by atoms with E-state index < -0.39 is 11.4 Å². The van der Waals surface area contributed by atoms with Crippen LogP contribution in [-0.2, 0) is 10.3 Å². The number of anilines is 1. The van der Waals surface area contributed by atoms with Crippen LogP contribution in [0.4, 0.5) is 5.69 Å². The van der Waals surface area contributed by atoms with Gasteiger partial charge in [0, 0.05) is 0 Å². The number of halogens is 1. The van der Waals surface area contributed by atoms with E-state index in [4.69, 9.17) is 17.3 Å². The first-order valence-electron chi connectivity index (χ1n) is 6.86. The van der Waals surface area contributed by atoms with E-state index in [9.17, 15) is 4.79 Å². The van der Waals surface area contributed by atoms with Gasteiger partial charge < -0.3 is 11.1 Å². The number of hydrogen-bond acceptors (Lipinski definition) is 2. The van der Waals surface area contributed by atoms with Crippen LogP contribution in [0.25, 0.3) is 0 Å². The summed E-state index contributed by atoms with van der Waals surface area (Å²) in [6.45, 7) is 3.92. The number of nitrogens with two attached hydrogens (primary N) is 1. The minimum absolute atomic E-state index is 0.0475. The molecule has 21 heavy (non-hydrogen) atoms. The highest BCUT2D eigenvalue weighted by Gasteiger charge is 2.42. The molecule has 3 nitrogen and oxygen atoms in total. The lowest BCUT2D eigenvalue weighted by atomic mass is 9.79. The Morgan fingerprint density at radius 1 is 1.10 bits per heavy atom. The van der Waals surface area contributed by atoms with Crippen molar-refractivity contribution in [1.29, 1.82) is 0 Å². The molecule has 2 aromatic carbocycles. The lowest BCUT2D eigenvalue weighted by Gasteiger charge is -2.37. The summed E-state index contributed by atoms with van der Waals surface area (Å²) >= 11 is 6.21. The maximum atomic E-state index is 12.3. The van der Waals surface area contributed by atoms with Gasteiger partial charge in [-0.3, -0.25) is 4.79 Å². The quantitative estimate of drug-likeness (QED) is 0.883. The van der Waals surface area contributed by atoms with E-state index in [2.05, 4.69) is 5.32 Å². The predicted octanol–water partition coefficient (Wildman–Crippen LogP) is 3.79. The largest absolute Gasteiger partial charge is 0.367 e. The highest BCUT2D eigenvalue weighted by atomic mass is 35.5. The topological polar surface area (TPSA) is 55.1 Å². The number of hydrogen-bond donors (Lipinski definition) is 2. The van der Waals surface area contributed by atoms with Gasteiger partial charge in [-0.1, -0.05) is 67.9 Å². The number of nitrogens with one attached hydrogen (secondary N) is 1. The summed E-state index contributed by atoms with van der Waals surface area (Å²) in [6.07, 6.45) is 0. The number of carbonyl (C=O) groups excluding carboxylic acids is 1. The number of rotatable bonds is 5. The van der Waals surface area contributed by atoms with Gasteiger partial charge in [-0.15, -0.1) is 0 Å². The summed E-state index contributed by atoms with van der Waals surface area (Å²) in [4.78, 5) is 12.3. The fraction of sp³-hybridized carbons (Fsp3) is 0.235. The number of carbonyl (C=O) groups is 1. The second kappa shape index (κ2) is 6.19. The molecule has 0 spiro atoms. The molecule has 0 heterocycles. The first kappa shape index (κ1) is 15.4. The van der Waals surface area contributed by atoms with Crippen molar-refractivity contribution < 1.29 is 4.79 Å². The van der Waals surface area contributed by atoms with Gasteiger partial charge >= 0.3 is 0 Å². The molecule has 1 unspecified atom stereocenters. The zero-order valence-electron chi connectivity index (χ0n) is 12.1. The van der Waals surface area contributed by atoms with Crippen LogP contribution in [0.3, 0.4) is 0 Å². The van der Waals surface area contributed by atoms with Crippen molar-refractivity contribution in [1.82, 2.24) is 0 Å². The Morgan fingerprint density at radius 2 is 1.67 bits per heavy atom. The molecule has 0 fully saturated rings. The highest BCUT2D eigenvalue weighted by Crippen LogP contribution is 2.35. The highest BCUT2D eigenvalue weighted by molar-refractivity contribution is 6.33. The summed E-state index contributed by atoms with van der Waals surface area (Å²) in [6, 6.07) is 16.8. The van der Waals surface area contributed by atoms with Gasteiger partial charge in [0.15, 0.2) is 0 Å².